The standard InChI is InChI=1S/C6H4NOSe/c1-2-4-6-5(3-1)7-9-8-6/h1-4H. The number of hydrogen-bond donors (Lipinski definition) is 0. The number of para-hydroxylation sites is 1. The van der Waals surface area contributed by atoms with Crippen LogP contribution < -0.4 is 3.82 Å². The third kappa shape index (κ3) is 0.784. The molecule has 0 amide bonds. The minimum absolute atomic E-state index is 0.00366. The van der Waals surface area contributed by atoms with Crippen molar-refractivity contribution < 1.29 is 3.82 Å². The van der Waals surface area contributed by atoms with E-state index in [0.29, 0.717) is 0 Å². The molecule has 9 heavy (non-hydrogen) atoms. The average molecular weight is 185 g/mol. The molecule has 0 aliphatic carbocycles. The van der Waals surface area contributed by atoms with Crippen LogP contribution in [-0.2, 0) is 0 Å². The van der Waals surface area contributed by atoms with Crippen LogP contribution in [0.15, 0.2) is 28.2 Å². The molecule has 0 unspecified atom stereocenters. The first-order valence-corrected chi connectivity index (χ1v) is 4.07. The third-order valence-corrected chi connectivity index (χ3v) is 2.23. The average Bonchev–Trinajstić information content (AvgIpc) is 2.33. The Balaban J connectivity index is 2.63. The predicted octanol–water partition coefficient (Wildman–Crippen LogP) is 1.51. The van der Waals surface area contributed by atoms with Gasteiger partial charge in [0.1, 0.15) is 0 Å². The van der Waals surface area contributed by atoms with E-state index in [4.69, 9.17) is 3.82 Å². The van der Waals surface area contributed by atoms with Crippen molar-refractivity contribution in [1.82, 2.24) is 0 Å². The first kappa shape index (κ1) is 5.15. The van der Waals surface area contributed by atoms with Crippen LogP contribution in [0.2, 0.25) is 0 Å². The molecule has 1 aromatic rings. The molecule has 1 aromatic carbocycles. The molecule has 0 saturated carbocycles. The Kier molecular flexibility index (Phi) is 1.11. The van der Waals surface area contributed by atoms with Crippen LogP contribution in [0.1, 0.15) is 0 Å². The van der Waals surface area contributed by atoms with Crippen molar-refractivity contribution in [3.63, 3.8) is 0 Å². The molecule has 1 aliphatic heterocycles. The van der Waals surface area contributed by atoms with Crippen LogP contribution in [0, 0.1) is 0 Å². The van der Waals surface area contributed by atoms with Gasteiger partial charge in [-0.2, -0.15) is 0 Å². The van der Waals surface area contributed by atoms with E-state index in [1.54, 1.807) is 0 Å². The van der Waals surface area contributed by atoms with Crippen LogP contribution in [0.4, 0.5) is 5.69 Å². The molecule has 0 saturated heterocycles. The summed E-state index contributed by atoms with van der Waals surface area (Å²) in [4.78, 5) is 0. The molecule has 2 nitrogen and oxygen atoms in total. The molecule has 0 N–H and O–H groups in total. The number of benzene rings is 1. The van der Waals surface area contributed by atoms with Gasteiger partial charge in [0, 0.05) is 0 Å². The number of rotatable bonds is 0. The second-order valence-corrected chi connectivity index (χ2v) is 2.76. The minimum atomic E-state index is 0.00366. The number of hydrogen-bond acceptors (Lipinski definition) is 2. The van der Waals surface area contributed by atoms with Gasteiger partial charge in [-0.3, -0.25) is 0 Å². The number of fused-ring (bicyclic) bond motifs is 1. The van der Waals surface area contributed by atoms with Crippen molar-refractivity contribution in [2.45, 2.75) is 0 Å². The van der Waals surface area contributed by atoms with E-state index in [9.17, 15) is 0 Å². The first-order valence-electron chi connectivity index (χ1n) is 2.60. The van der Waals surface area contributed by atoms with E-state index in [0.717, 1.165) is 11.4 Å². The quantitative estimate of drug-likeness (QED) is 0.561. The molecule has 45 valence electrons. The fourth-order valence-electron chi connectivity index (χ4n) is 0.702. The van der Waals surface area contributed by atoms with Gasteiger partial charge in [-0.05, 0) is 0 Å². The van der Waals surface area contributed by atoms with E-state index >= 15 is 0 Å². The molecule has 2 rings (SSSR count). The maximum atomic E-state index is 5.19. The molecule has 1 aliphatic rings. The summed E-state index contributed by atoms with van der Waals surface area (Å²) in [5.74, 6) is 0.928. The van der Waals surface area contributed by atoms with Crippen molar-refractivity contribution in [1.29, 1.82) is 0 Å². The van der Waals surface area contributed by atoms with Gasteiger partial charge < -0.3 is 0 Å². The van der Waals surface area contributed by atoms with Gasteiger partial charge >= 0.3 is 58.6 Å². The molecular weight excluding hydrogens is 181 g/mol. The molecular formula is C6H4NOSe. The van der Waals surface area contributed by atoms with E-state index in [-0.39, 0.29) is 15.1 Å². The van der Waals surface area contributed by atoms with Crippen molar-refractivity contribution in [3.8, 4) is 5.75 Å². The van der Waals surface area contributed by atoms with Gasteiger partial charge in [-0.25, -0.2) is 0 Å². The van der Waals surface area contributed by atoms with Gasteiger partial charge in [-0.1, -0.05) is 0 Å². The molecule has 3 heteroatoms. The van der Waals surface area contributed by atoms with E-state index in [1.165, 1.54) is 0 Å². The summed E-state index contributed by atoms with van der Waals surface area (Å²) < 4.78 is 9.33. The van der Waals surface area contributed by atoms with Gasteiger partial charge in [0.25, 0.3) is 0 Å². The van der Waals surface area contributed by atoms with Gasteiger partial charge in [0.05, 0.1) is 0 Å². The van der Waals surface area contributed by atoms with Crippen LogP contribution in [0.5, 0.6) is 5.75 Å². The fourth-order valence-corrected chi connectivity index (χ4v) is 1.73. The summed E-state index contributed by atoms with van der Waals surface area (Å²) in [7, 11) is 0. The van der Waals surface area contributed by atoms with Crippen LogP contribution in [0.3, 0.4) is 0 Å². The zero-order valence-electron chi connectivity index (χ0n) is 4.57. The topological polar surface area (TPSA) is 21.6 Å². The summed E-state index contributed by atoms with van der Waals surface area (Å²) >= 11 is 0.00366. The molecule has 0 atom stereocenters. The maximum absolute atomic E-state index is 5.19. The van der Waals surface area contributed by atoms with Crippen LogP contribution in [-0.4, -0.2) is 15.1 Å². The monoisotopic (exact) mass is 186 g/mol. The normalized spacial score (nSPS) is 12.9. The Morgan fingerprint density at radius 3 is 3.11 bits per heavy atom. The molecule has 0 bridgehead atoms. The predicted molar refractivity (Wildman–Crippen MR) is 34.9 cm³/mol. The number of nitrogens with zero attached hydrogens (tertiary/aromatic N) is 1. The zero-order chi connectivity index (χ0) is 6.10. The second-order valence-electron chi connectivity index (χ2n) is 1.72. The first-order chi connectivity index (χ1) is 4.47. The summed E-state index contributed by atoms with van der Waals surface area (Å²) in [5, 5.41) is 0. The molecule has 0 fully saturated rings. The van der Waals surface area contributed by atoms with Gasteiger partial charge in [-0.15, -0.1) is 0 Å². The summed E-state index contributed by atoms with van der Waals surface area (Å²) in [6.45, 7) is 0. The SMILES string of the molecule is c1ccc2c(c1)N=[Se]O2. The third-order valence-electron chi connectivity index (χ3n) is 1.13. The van der Waals surface area contributed by atoms with Crippen molar-refractivity contribution in [3.05, 3.63) is 24.3 Å². The summed E-state index contributed by atoms with van der Waals surface area (Å²) in [6, 6.07) is 7.82. The second kappa shape index (κ2) is 1.94. The molecule has 1 heterocycles. The van der Waals surface area contributed by atoms with E-state index in [2.05, 4.69) is 3.96 Å². The summed E-state index contributed by atoms with van der Waals surface area (Å²) in [6.07, 6.45) is 0. The zero-order valence-corrected chi connectivity index (χ0v) is 6.29. The Morgan fingerprint density at radius 2 is 2.22 bits per heavy atom. The van der Waals surface area contributed by atoms with Crippen LogP contribution >= 0.6 is 0 Å². The van der Waals surface area contributed by atoms with Gasteiger partial charge in [0.15, 0.2) is 0 Å². The molecule has 0 aromatic heterocycles. The van der Waals surface area contributed by atoms with Gasteiger partial charge in [0.2, 0.25) is 0 Å². The molecule has 1 radical (unpaired) electrons. The summed E-state index contributed by atoms with van der Waals surface area (Å²) in [5.41, 5.74) is 0.998. The van der Waals surface area contributed by atoms with Crippen LogP contribution in [0.25, 0.3) is 0 Å². The van der Waals surface area contributed by atoms with Crippen molar-refractivity contribution in [2.75, 3.05) is 0 Å². The van der Waals surface area contributed by atoms with Crippen molar-refractivity contribution >= 4 is 20.8 Å². The van der Waals surface area contributed by atoms with E-state index in [1.807, 2.05) is 24.3 Å². The Hall–Kier alpha value is -0.661. The Bertz CT molecular complexity index is 259. The van der Waals surface area contributed by atoms with Crippen molar-refractivity contribution in [2.24, 2.45) is 3.96 Å². The Morgan fingerprint density at radius 1 is 1.33 bits per heavy atom. The fraction of sp³-hybridized carbons (Fsp3) is 0. The Labute approximate surface area is 59.1 Å². The molecule has 0 spiro atoms. The van der Waals surface area contributed by atoms with E-state index < -0.39 is 0 Å².